The fraction of sp³-hybridized carbons (Fsp3) is 0.538. The van der Waals surface area contributed by atoms with E-state index in [-0.39, 0.29) is 0 Å². The van der Waals surface area contributed by atoms with Crippen LogP contribution in [-0.2, 0) is 11.2 Å². The van der Waals surface area contributed by atoms with Crippen LogP contribution >= 0.6 is 0 Å². The standard InChI is InChI=1S/C13H18N2O/c14-12-5-1-3-10-6-7-15(13(10)12)9-11-4-2-8-16-11/h1,3,5,11H,2,4,6-9,14H2. The van der Waals surface area contributed by atoms with Crippen LogP contribution < -0.4 is 10.6 Å². The predicted octanol–water partition coefficient (Wildman–Crippen LogP) is 1.81. The van der Waals surface area contributed by atoms with Gasteiger partial charge in [0.15, 0.2) is 0 Å². The van der Waals surface area contributed by atoms with Gasteiger partial charge < -0.3 is 15.4 Å². The van der Waals surface area contributed by atoms with Crippen LogP contribution in [-0.4, -0.2) is 25.8 Å². The van der Waals surface area contributed by atoms with Gasteiger partial charge in [-0.3, -0.25) is 0 Å². The molecule has 86 valence electrons. The number of para-hydroxylation sites is 1. The van der Waals surface area contributed by atoms with E-state index < -0.39 is 0 Å². The molecule has 0 saturated carbocycles. The number of anilines is 2. The fourth-order valence-corrected chi connectivity index (χ4v) is 2.78. The van der Waals surface area contributed by atoms with E-state index in [1.165, 1.54) is 24.1 Å². The van der Waals surface area contributed by atoms with Gasteiger partial charge in [-0.15, -0.1) is 0 Å². The molecule has 16 heavy (non-hydrogen) atoms. The first kappa shape index (κ1) is 9.97. The van der Waals surface area contributed by atoms with Gasteiger partial charge in [-0.25, -0.2) is 0 Å². The molecule has 3 nitrogen and oxygen atoms in total. The zero-order chi connectivity index (χ0) is 11.0. The highest BCUT2D eigenvalue weighted by Crippen LogP contribution is 2.34. The predicted molar refractivity (Wildman–Crippen MR) is 65.7 cm³/mol. The average molecular weight is 218 g/mol. The molecule has 0 aliphatic carbocycles. The number of benzene rings is 1. The summed E-state index contributed by atoms with van der Waals surface area (Å²) in [6.45, 7) is 3.01. The second-order valence-electron chi connectivity index (χ2n) is 4.69. The Balaban J connectivity index is 1.79. The van der Waals surface area contributed by atoms with Crippen LogP contribution in [0, 0.1) is 0 Å². The summed E-state index contributed by atoms with van der Waals surface area (Å²) < 4.78 is 5.69. The molecule has 1 aromatic carbocycles. The lowest BCUT2D eigenvalue weighted by Gasteiger charge is -2.24. The molecule has 0 radical (unpaired) electrons. The van der Waals surface area contributed by atoms with E-state index in [2.05, 4.69) is 11.0 Å². The third kappa shape index (κ3) is 1.65. The van der Waals surface area contributed by atoms with Crippen molar-refractivity contribution in [3.8, 4) is 0 Å². The summed E-state index contributed by atoms with van der Waals surface area (Å²) in [5.74, 6) is 0. The van der Waals surface area contributed by atoms with Crippen LogP contribution in [0.15, 0.2) is 18.2 Å². The molecular weight excluding hydrogens is 200 g/mol. The van der Waals surface area contributed by atoms with Crippen LogP contribution in [0.25, 0.3) is 0 Å². The minimum absolute atomic E-state index is 0.408. The molecule has 0 bridgehead atoms. The lowest BCUT2D eigenvalue weighted by Crippen LogP contribution is -2.31. The average Bonchev–Trinajstić information content (AvgIpc) is 2.90. The summed E-state index contributed by atoms with van der Waals surface area (Å²) in [4.78, 5) is 2.39. The summed E-state index contributed by atoms with van der Waals surface area (Å²) >= 11 is 0. The van der Waals surface area contributed by atoms with Gasteiger partial charge in [-0.2, -0.15) is 0 Å². The SMILES string of the molecule is Nc1cccc2c1N(CC1CCCO1)CC2. The molecule has 1 fully saturated rings. The topological polar surface area (TPSA) is 38.5 Å². The minimum Gasteiger partial charge on any atom is -0.397 e. The Morgan fingerprint density at radius 1 is 1.44 bits per heavy atom. The molecule has 2 heterocycles. The molecule has 1 unspecified atom stereocenters. The van der Waals surface area contributed by atoms with Crippen molar-refractivity contribution in [2.24, 2.45) is 0 Å². The number of nitrogen functional groups attached to an aromatic ring is 1. The van der Waals surface area contributed by atoms with E-state index in [9.17, 15) is 0 Å². The van der Waals surface area contributed by atoms with Gasteiger partial charge in [0.25, 0.3) is 0 Å². The van der Waals surface area contributed by atoms with Gasteiger partial charge in [0.05, 0.1) is 17.5 Å². The molecular formula is C13H18N2O. The minimum atomic E-state index is 0.408. The van der Waals surface area contributed by atoms with Crippen molar-refractivity contribution in [2.75, 3.05) is 30.3 Å². The highest BCUT2D eigenvalue weighted by Gasteiger charge is 2.25. The number of rotatable bonds is 2. The Morgan fingerprint density at radius 3 is 3.19 bits per heavy atom. The first-order valence-corrected chi connectivity index (χ1v) is 6.08. The number of nitrogens with zero attached hydrogens (tertiary/aromatic N) is 1. The zero-order valence-corrected chi connectivity index (χ0v) is 9.48. The fourth-order valence-electron chi connectivity index (χ4n) is 2.78. The first-order valence-electron chi connectivity index (χ1n) is 6.08. The van der Waals surface area contributed by atoms with E-state index in [1.54, 1.807) is 0 Å². The van der Waals surface area contributed by atoms with Crippen molar-refractivity contribution >= 4 is 11.4 Å². The molecule has 2 aliphatic heterocycles. The monoisotopic (exact) mass is 218 g/mol. The first-order chi connectivity index (χ1) is 7.84. The number of fused-ring (bicyclic) bond motifs is 1. The molecule has 3 heteroatoms. The van der Waals surface area contributed by atoms with Gasteiger partial charge in [-0.05, 0) is 30.9 Å². The van der Waals surface area contributed by atoms with Crippen LogP contribution in [0.2, 0.25) is 0 Å². The van der Waals surface area contributed by atoms with Crippen molar-refractivity contribution in [3.05, 3.63) is 23.8 Å². The van der Waals surface area contributed by atoms with Crippen LogP contribution in [0.4, 0.5) is 11.4 Å². The molecule has 1 saturated heterocycles. The van der Waals surface area contributed by atoms with Gasteiger partial charge >= 0.3 is 0 Å². The van der Waals surface area contributed by atoms with Crippen LogP contribution in [0.5, 0.6) is 0 Å². The Labute approximate surface area is 96.2 Å². The smallest absolute Gasteiger partial charge is 0.0750 e. The van der Waals surface area contributed by atoms with Crippen LogP contribution in [0.1, 0.15) is 18.4 Å². The maximum absolute atomic E-state index is 6.05. The maximum Gasteiger partial charge on any atom is 0.0750 e. The quantitative estimate of drug-likeness (QED) is 0.769. The Kier molecular flexibility index (Phi) is 2.48. The largest absolute Gasteiger partial charge is 0.397 e. The molecule has 1 atom stereocenters. The Hall–Kier alpha value is -1.22. The van der Waals surface area contributed by atoms with E-state index >= 15 is 0 Å². The van der Waals surface area contributed by atoms with Gasteiger partial charge in [-0.1, -0.05) is 12.1 Å². The lowest BCUT2D eigenvalue weighted by atomic mass is 10.1. The molecule has 0 amide bonds. The molecule has 1 aromatic rings. The molecule has 2 aliphatic rings. The second-order valence-corrected chi connectivity index (χ2v) is 4.69. The number of hydrogen-bond donors (Lipinski definition) is 1. The summed E-state index contributed by atoms with van der Waals surface area (Å²) in [5.41, 5.74) is 9.60. The highest BCUT2D eigenvalue weighted by molar-refractivity contribution is 5.74. The maximum atomic E-state index is 6.05. The normalized spacial score (nSPS) is 23.8. The summed E-state index contributed by atoms with van der Waals surface area (Å²) in [5, 5.41) is 0. The second kappa shape index (κ2) is 3.98. The van der Waals surface area contributed by atoms with E-state index in [0.717, 1.165) is 31.8 Å². The highest BCUT2D eigenvalue weighted by atomic mass is 16.5. The summed E-state index contributed by atoms with van der Waals surface area (Å²) in [7, 11) is 0. The van der Waals surface area contributed by atoms with Crippen molar-refractivity contribution in [3.63, 3.8) is 0 Å². The summed E-state index contributed by atoms with van der Waals surface area (Å²) in [6.07, 6.45) is 3.92. The van der Waals surface area contributed by atoms with Gasteiger partial charge in [0.2, 0.25) is 0 Å². The third-order valence-corrected chi connectivity index (χ3v) is 3.57. The number of ether oxygens (including phenoxy) is 1. The van der Waals surface area contributed by atoms with Crippen molar-refractivity contribution in [1.82, 2.24) is 0 Å². The molecule has 0 spiro atoms. The Bertz CT molecular complexity index is 386. The number of nitrogens with two attached hydrogens (primary N) is 1. The molecule has 2 N–H and O–H groups in total. The van der Waals surface area contributed by atoms with Gasteiger partial charge in [0.1, 0.15) is 0 Å². The van der Waals surface area contributed by atoms with Crippen molar-refractivity contribution in [1.29, 1.82) is 0 Å². The van der Waals surface area contributed by atoms with E-state index in [4.69, 9.17) is 10.5 Å². The summed E-state index contributed by atoms with van der Waals surface area (Å²) in [6, 6.07) is 6.22. The molecule has 0 aromatic heterocycles. The van der Waals surface area contributed by atoms with Crippen molar-refractivity contribution in [2.45, 2.75) is 25.4 Å². The van der Waals surface area contributed by atoms with Gasteiger partial charge in [0, 0.05) is 19.7 Å². The van der Waals surface area contributed by atoms with Crippen LogP contribution in [0.3, 0.4) is 0 Å². The lowest BCUT2D eigenvalue weighted by molar-refractivity contribution is 0.116. The van der Waals surface area contributed by atoms with Crippen molar-refractivity contribution < 1.29 is 4.74 Å². The van der Waals surface area contributed by atoms with E-state index in [0.29, 0.717) is 6.10 Å². The third-order valence-electron chi connectivity index (χ3n) is 3.57. The Morgan fingerprint density at radius 2 is 2.38 bits per heavy atom. The zero-order valence-electron chi connectivity index (χ0n) is 9.48. The van der Waals surface area contributed by atoms with E-state index in [1.807, 2.05) is 12.1 Å². The molecule has 3 rings (SSSR count). The number of hydrogen-bond acceptors (Lipinski definition) is 3.